The van der Waals surface area contributed by atoms with Crippen LogP contribution < -0.4 is 14.4 Å². The molecule has 1 fully saturated rings. The fourth-order valence-electron chi connectivity index (χ4n) is 3.11. The Labute approximate surface area is 155 Å². The van der Waals surface area contributed by atoms with E-state index < -0.39 is 0 Å². The highest BCUT2D eigenvalue weighted by Crippen LogP contribution is 2.40. The van der Waals surface area contributed by atoms with E-state index in [9.17, 15) is 4.79 Å². The number of benzene rings is 2. The van der Waals surface area contributed by atoms with Crippen LogP contribution in [-0.4, -0.2) is 43.8 Å². The van der Waals surface area contributed by atoms with Crippen LogP contribution in [0.3, 0.4) is 0 Å². The minimum atomic E-state index is -0.0501. The second kappa shape index (κ2) is 6.65. The first-order valence-electron chi connectivity index (χ1n) is 8.01. The molecule has 7 heteroatoms. The summed E-state index contributed by atoms with van der Waals surface area (Å²) in [6, 6.07) is 11.1. The van der Waals surface area contributed by atoms with Gasteiger partial charge in [0.05, 0.1) is 5.02 Å². The monoisotopic (exact) mass is 378 g/mol. The quantitative estimate of drug-likeness (QED) is 0.799. The second-order valence-corrected chi connectivity index (χ2v) is 6.79. The molecule has 0 unspecified atom stereocenters. The van der Waals surface area contributed by atoms with E-state index in [-0.39, 0.29) is 12.7 Å². The Morgan fingerprint density at radius 1 is 1.00 bits per heavy atom. The van der Waals surface area contributed by atoms with Gasteiger partial charge in [-0.3, -0.25) is 4.79 Å². The number of rotatable bonds is 2. The number of amides is 1. The number of hydrogen-bond acceptors (Lipinski definition) is 4. The molecule has 2 aliphatic rings. The van der Waals surface area contributed by atoms with Crippen molar-refractivity contribution in [2.24, 2.45) is 0 Å². The molecule has 0 N–H and O–H groups in total. The molecule has 2 aliphatic heterocycles. The SMILES string of the molecule is O=C(c1cc(Cl)c2c(c1)OCO2)N1CCN(c2cccc(Cl)c2)CC1. The second-order valence-electron chi connectivity index (χ2n) is 5.95. The molecule has 0 bridgehead atoms. The van der Waals surface area contributed by atoms with E-state index in [1.54, 1.807) is 12.1 Å². The minimum Gasteiger partial charge on any atom is -0.454 e. The Morgan fingerprint density at radius 2 is 1.80 bits per heavy atom. The molecular weight excluding hydrogens is 363 g/mol. The van der Waals surface area contributed by atoms with Gasteiger partial charge in [-0.25, -0.2) is 0 Å². The van der Waals surface area contributed by atoms with Crippen molar-refractivity contribution in [2.75, 3.05) is 37.9 Å². The lowest BCUT2D eigenvalue weighted by atomic mass is 10.1. The molecule has 130 valence electrons. The highest BCUT2D eigenvalue weighted by molar-refractivity contribution is 6.32. The first-order chi connectivity index (χ1) is 12.1. The zero-order valence-corrected chi connectivity index (χ0v) is 14.9. The Kier molecular flexibility index (Phi) is 4.36. The van der Waals surface area contributed by atoms with Gasteiger partial charge < -0.3 is 19.3 Å². The number of carbonyl (C=O) groups excluding carboxylic acids is 1. The van der Waals surface area contributed by atoms with Gasteiger partial charge in [-0.1, -0.05) is 29.3 Å². The van der Waals surface area contributed by atoms with Crippen molar-refractivity contribution in [1.82, 2.24) is 4.90 Å². The molecule has 0 spiro atoms. The van der Waals surface area contributed by atoms with E-state index in [0.717, 1.165) is 18.8 Å². The molecule has 0 aromatic heterocycles. The number of carbonyl (C=O) groups is 1. The zero-order valence-electron chi connectivity index (χ0n) is 13.4. The van der Waals surface area contributed by atoms with E-state index in [1.165, 1.54) is 0 Å². The van der Waals surface area contributed by atoms with E-state index in [4.69, 9.17) is 32.7 Å². The maximum absolute atomic E-state index is 12.8. The van der Waals surface area contributed by atoms with Crippen LogP contribution in [0.1, 0.15) is 10.4 Å². The van der Waals surface area contributed by atoms with Crippen LogP contribution >= 0.6 is 23.2 Å². The van der Waals surface area contributed by atoms with Crippen LogP contribution in [0.25, 0.3) is 0 Å². The normalized spacial score (nSPS) is 16.2. The zero-order chi connectivity index (χ0) is 17.4. The third kappa shape index (κ3) is 3.22. The maximum Gasteiger partial charge on any atom is 0.254 e. The van der Waals surface area contributed by atoms with Gasteiger partial charge in [0.2, 0.25) is 6.79 Å². The van der Waals surface area contributed by atoms with Gasteiger partial charge in [0, 0.05) is 42.5 Å². The summed E-state index contributed by atoms with van der Waals surface area (Å²) in [5, 5.41) is 1.11. The average molecular weight is 379 g/mol. The van der Waals surface area contributed by atoms with Gasteiger partial charge in [-0.15, -0.1) is 0 Å². The molecule has 0 aliphatic carbocycles. The van der Waals surface area contributed by atoms with Gasteiger partial charge in [0.1, 0.15) is 0 Å². The molecule has 25 heavy (non-hydrogen) atoms. The van der Waals surface area contributed by atoms with Gasteiger partial charge in [0.25, 0.3) is 5.91 Å². The van der Waals surface area contributed by atoms with Crippen molar-refractivity contribution in [3.05, 3.63) is 52.0 Å². The maximum atomic E-state index is 12.8. The van der Waals surface area contributed by atoms with Gasteiger partial charge in [0.15, 0.2) is 11.5 Å². The third-order valence-electron chi connectivity index (χ3n) is 4.41. The number of fused-ring (bicyclic) bond motifs is 1. The Hall–Kier alpha value is -2.11. The van der Waals surface area contributed by atoms with E-state index >= 15 is 0 Å². The van der Waals surface area contributed by atoms with E-state index in [1.807, 2.05) is 29.2 Å². The minimum absolute atomic E-state index is 0.0501. The first kappa shape index (κ1) is 16.4. The Morgan fingerprint density at radius 3 is 2.56 bits per heavy atom. The standard InChI is InChI=1S/C18H16Cl2N2O3/c19-13-2-1-3-14(10-13)21-4-6-22(7-5-21)18(23)12-8-15(20)17-16(9-12)24-11-25-17/h1-3,8-10H,4-7,11H2. The number of ether oxygens (including phenoxy) is 2. The summed E-state index contributed by atoms with van der Waals surface area (Å²) in [7, 11) is 0. The number of halogens is 2. The summed E-state index contributed by atoms with van der Waals surface area (Å²) in [4.78, 5) is 16.8. The molecule has 5 nitrogen and oxygen atoms in total. The number of nitrogens with zero attached hydrogens (tertiary/aromatic N) is 2. The lowest BCUT2D eigenvalue weighted by Gasteiger charge is -2.36. The average Bonchev–Trinajstić information content (AvgIpc) is 3.10. The van der Waals surface area contributed by atoms with Crippen LogP contribution in [0.2, 0.25) is 10.0 Å². The smallest absolute Gasteiger partial charge is 0.254 e. The van der Waals surface area contributed by atoms with Crippen molar-refractivity contribution in [1.29, 1.82) is 0 Å². The van der Waals surface area contributed by atoms with E-state index in [2.05, 4.69) is 4.90 Å². The van der Waals surface area contributed by atoms with Crippen molar-refractivity contribution >= 4 is 34.8 Å². The first-order valence-corrected chi connectivity index (χ1v) is 8.76. The van der Waals surface area contributed by atoms with Crippen molar-refractivity contribution < 1.29 is 14.3 Å². The highest BCUT2D eigenvalue weighted by atomic mass is 35.5. The van der Waals surface area contributed by atoms with Gasteiger partial charge in [-0.2, -0.15) is 0 Å². The number of piperazine rings is 1. The summed E-state index contributed by atoms with van der Waals surface area (Å²) in [5.74, 6) is 0.975. The lowest BCUT2D eigenvalue weighted by molar-refractivity contribution is 0.0746. The largest absolute Gasteiger partial charge is 0.454 e. The molecule has 2 heterocycles. The highest BCUT2D eigenvalue weighted by Gasteiger charge is 2.26. The number of anilines is 1. The van der Waals surface area contributed by atoms with Crippen LogP contribution in [0.5, 0.6) is 11.5 Å². The van der Waals surface area contributed by atoms with Gasteiger partial charge >= 0.3 is 0 Å². The Bertz CT molecular complexity index is 820. The van der Waals surface area contributed by atoms with Crippen LogP contribution in [0, 0.1) is 0 Å². The molecule has 1 amide bonds. The third-order valence-corrected chi connectivity index (χ3v) is 4.93. The van der Waals surface area contributed by atoms with Crippen LogP contribution in [-0.2, 0) is 0 Å². The molecule has 1 saturated heterocycles. The van der Waals surface area contributed by atoms with Gasteiger partial charge in [-0.05, 0) is 30.3 Å². The number of hydrogen-bond donors (Lipinski definition) is 0. The van der Waals surface area contributed by atoms with Crippen LogP contribution in [0.15, 0.2) is 36.4 Å². The molecule has 0 radical (unpaired) electrons. The summed E-state index contributed by atoms with van der Waals surface area (Å²) in [5.41, 5.74) is 1.59. The summed E-state index contributed by atoms with van der Waals surface area (Å²) in [6.45, 7) is 2.91. The summed E-state index contributed by atoms with van der Waals surface area (Å²) >= 11 is 12.2. The predicted octanol–water partition coefficient (Wildman–Crippen LogP) is 3.68. The predicted molar refractivity (Wildman–Crippen MR) is 97.1 cm³/mol. The van der Waals surface area contributed by atoms with E-state index in [0.29, 0.717) is 40.2 Å². The molecule has 4 rings (SSSR count). The Balaban J connectivity index is 1.46. The van der Waals surface area contributed by atoms with Crippen molar-refractivity contribution in [2.45, 2.75) is 0 Å². The molecule has 0 saturated carbocycles. The van der Waals surface area contributed by atoms with Crippen molar-refractivity contribution in [3.63, 3.8) is 0 Å². The van der Waals surface area contributed by atoms with Crippen molar-refractivity contribution in [3.8, 4) is 11.5 Å². The fourth-order valence-corrected chi connectivity index (χ4v) is 3.56. The van der Waals surface area contributed by atoms with Crippen LogP contribution in [0.4, 0.5) is 5.69 Å². The summed E-state index contributed by atoms with van der Waals surface area (Å²) < 4.78 is 10.6. The lowest BCUT2D eigenvalue weighted by Crippen LogP contribution is -2.48. The molecular formula is C18H16Cl2N2O3. The fraction of sp³-hybridized carbons (Fsp3) is 0.278. The topological polar surface area (TPSA) is 42.0 Å². The summed E-state index contributed by atoms with van der Waals surface area (Å²) in [6.07, 6.45) is 0. The molecule has 2 aromatic carbocycles. The molecule has 0 atom stereocenters. The molecule has 2 aromatic rings.